The van der Waals surface area contributed by atoms with Crippen LogP contribution in [0.25, 0.3) is 0 Å². The van der Waals surface area contributed by atoms with Crippen LogP contribution in [-0.4, -0.2) is 36.7 Å². The normalized spacial score (nSPS) is 16.8. The number of hydrogen-bond acceptors (Lipinski definition) is 9. The van der Waals surface area contributed by atoms with Crippen LogP contribution in [0.2, 0.25) is 0 Å². The minimum Gasteiger partial charge on any atom is -0.348 e. The maximum atomic E-state index is 4.69. The third-order valence-electron chi connectivity index (χ3n) is 4.32. The van der Waals surface area contributed by atoms with Gasteiger partial charge in [0.1, 0.15) is 28.8 Å². The average molecular weight is 368 g/mol. The Labute approximate surface area is 155 Å². The summed E-state index contributed by atoms with van der Waals surface area (Å²) < 4.78 is 0. The first kappa shape index (κ1) is 16.8. The Morgan fingerprint density at radius 2 is 2.23 bits per heavy atom. The Morgan fingerprint density at radius 1 is 1.31 bits per heavy atom. The lowest BCUT2D eigenvalue weighted by Crippen LogP contribution is -2.24. The highest BCUT2D eigenvalue weighted by atomic mass is 32.1. The van der Waals surface area contributed by atoms with Gasteiger partial charge in [-0.3, -0.25) is 0 Å². The molecule has 0 aliphatic carbocycles. The molecule has 0 spiro atoms. The second kappa shape index (κ2) is 7.28. The van der Waals surface area contributed by atoms with E-state index >= 15 is 0 Å². The molecule has 0 aromatic carbocycles. The van der Waals surface area contributed by atoms with Gasteiger partial charge in [0.15, 0.2) is 0 Å². The Morgan fingerprint density at radius 3 is 3.00 bits per heavy atom. The molecule has 1 fully saturated rings. The molecule has 1 aliphatic heterocycles. The van der Waals surface area contributed by atoms with E-state index in [1.54, 1.807) is 23.9 Å². The van der Waals surface area contributed by atoms with Gasteiger partial charge in [-0.2, -0.15) is 0 Å². The van der Waals surface area contributed by atoms with Crippen molar-refractivity contribution in [2.24, 2.45) is 0 Å². The van der Waals surface area contributed by atoms with E-state index in [2.05, 4.69) is 47.3 Å². The molecule has 9 heteroatoms. The molecule has 3 aromatic rings. The maximum Gasteiger partial charge on any atom is 0.211 e. The molecule has 4 heterocycles. The number of aryl methyl sites for hydroxylation is 2. The summed E-state index contributed by atoms with van der Waals surface area (Å²) in [7, 11) is 0. The zero-order chi connectivity index (χ0) is 17.9. The topological polar surface area (TPSA) is 92.6 Å². The molecule has 0 bridgehead atoms. The second-order valence-electron chi connectivity index (χ2n) is 6.12. The maximum absolute atomic E-state index is 4.69. The number of anilines is 3. The van der Waals surface area contributed by atoms with Gasteiger partial charge >= 0.3 is 0 Å². The average Bonchev–Trinajstić information content (AvgIpc) is 3.31. The van der Waals surface area contributed by atoms with E-state index in [1.165, 1.54) is 0 Å². The fourth-order valence-electron chi connectivity index (χ4n) is 3.18. The number of rotatable bonds is 5. The van der Waals surface area contributed by atoms with Gasteiger partial charge in [-0.05, 0) is 32.3 Å². The highest BCUT2D eigenvalue weighted by molar-refractivity contribution is 7.15. The largest absolute Gasteiger partial charge is 0.348 e. The first-order valence-electron chi connectivity index (χ1n) is 8.70. The first-order valence-corrected chi connectivity index (χ1v) is 9.52. The van der Waals surface area contributed by atoms with Crippen molar-refractivity contribution in [3.05, 3.63) is 41.2 Å². The monoisotopic (exact) mass is 368 g/mol. The molecule has 26 heavy (non-hydrogen) atoms. The summed E-state index contributed by atoms with van der Waals surface area (Å²) in [5.41, 5.74) is 0.997. The van der Waals surface area contributed by atoms with Gasteiger partial charge in [-0.1, -0.05) is 18.3 Å². The van der Waals surface area contributed by atoms with Crippen LogP contribution in [0.1, 0.15) is 42.3 Å². The van der Waals surface area contributed by atoms with Crippen LogP contribution in [-0.2, 0) is 6.42 Å². The van der Waals surface area contributed by atoms with Crippen LogP contribution in [0, 0.1) is 6.92 Å². The molecule has 4 rings (SSSR count). The third kappa shape index (κ3) is 3.48. The van der Waals surface area contributed by atoms with Gasteiger partial charge in [-0.15, -0.1) is 10.2 Å². The summed E-state index contributed by atoms with van der Waals surface area (Å²) in [4.78, 5) is 19.9. The summed E-state index contributed by atoms with van der Waals surface area (Å²) >= 11 is 1.55. The SMILES string of the molecule is CCc1nnc(Nc2cc([C@H]3CCCN3c3ccncn3)nc(C)n2)s1. The van der Waals surface area contributed by atoms with Gasteiger partial charge in [-0.25, -0.2) is 19.9 Å². The van der Waals surface area contributed by atoms with Crippen molar-refractivity contribution in [2.45, 2.75) is 39.2 Å². The van der Waals surface area contributed by atoms with Crippen LogP contribution in [0.4, 0.5) is 16.8 Å². The van der Waals surface area contributed by atoms with E-state index in [9.17, 15) is 0 Å². The van der Waals surface area contributed by atoms with E-state index in [0.29, 0.717) is 0 Å². The van der Waals surface area contributed by atoms with Crippen molar-refractivity contribution in [1.82, 2.24) is 30.1 Å². The summed E-state index contributed by atoms with van der Waals surface area (Å²) in [6.07, 6.45) is 6.39. The zero-order valence-electron chi connectivity index (χ0n) is 14.8. The molecule has 134 valence electrons. The molecule has 1 atom stereocenters. The molecule has 1 saturated heterocycles. The molecule has 0 amide bonds. The number of nitrogens with one attached hydrogen (secondary N) is 1. The summed E-state index contributed by atoms with van der Waals surface area (Å²) in [5, 5.41) is 13.3. The lowest BCUT2D eigenvalue weighted by atomic mass is 10.1. The lowest BCUT2D eigenvalue weighted by Gasteiger charge is -2.25. The van der Waals surface area contributed by atoms with E-state index in [0.717, 1.165) is 59.1 Å². The van der Waals surface area contributed by atoms with E-state index in [-0.39, 0.29) is 6.04 Å². The standard InChI is InChI=1S/C17H20N8S/c1-3-16-23-24-17(26-16)22-14-9-12(20-11(2)21-14)13-5-4-8-25(13)15-6-7-18-10-19-15/h6-7,9-10,13H,3-5,8H2,1-2H3,(H,20,21,22,24)/t13-/m1/s1. The van der Waals surface area contributed by atoms with Gasteiger partial charge in [0.2, 0.25) is 5.13 Å². The second-order valence-corrected chi connectivity index (χ2v) is 7.19. The predicted molar refractivity (Wildman–Crippen MR) is 101 cm³/mol. The van der Waals surface area contributed by atoms with Gasteiger partial charge in [0.25, 0.3) is 0 Å². The molecule has 0 radical (unpaired) electrons. The highest BCUT2D eigenvalue weighted by Crippen LogP contribution is 2.35. The molecule has 1 aliphatic rings. The van der Waals surface area contributed by atoms with Crippen molar-refractivity contribution in [3.63, 3.8) is 0 Å². The molecule has 8 nitrogen and oxygen atoms in total. The number of hydrogen-bond donors (Lipinski definition) is 1. The van der Waals surface area contributed by atoms with Crippen molar-refractivity contribution in [2.75, 3.05) is 16.8 Å². The number of nitrogens with zero attached hydrogens (tertiary/aromatic N) is 7. The van der Waals surface area contributed by atoms with Crippen LogP contribution in [0.5, 0.6) is 0 Å². The fourth-order valence-corrected chi connectivity index (χ4v) is 3.87. The Kier molecular flexibility index (Phi) is 4.70. The Balaban J connectivity index is 1.61. The summed E-state index contributed by atoms with van der Waals surface area (Å²) in [6.45, 7) is 4.94. The third-order valence-corrected chi connectivity index (χ3v) is 5.30. The molecule has 3 aromatic heterocycles. The Bertz CT molecular complexity index is 881. The van der Waals surface area contributed by atoms with Crippen molar-refractivity contribution < 1.29 is 0 Å². The fraction of sp³-hybridized carbons (Fsp3) is 0.412. The van der Waals surface area contributed by atoms with E-state index in [1.807, 2.05) is 19.1 Å². The van der Waals surface area contributed by atoms with Crippen LogP contribution in [0.15, 0.2) is 24.7 Å². The van der Waals surface area contributed by atoms with Crippen LogP contribution >= 0.6 is 11.3 Å². The molecular formula is C17H20N8S. The minimum atomic E-state index is 0.188. The van der Waals surface area contributed by atoms with Gasteiger partial charge in [0.05, 0.1) is 11.7 Å². The Hall–Kier alpha value is -2.68. The minimum absolute atomic E-state index is 0.188. The smallest absolute Gasteiger partial charge is 0.211 e. The van der Waals surface area contributed by atoms with Crippen molar-refractivity contribution >= 4 is 28.1 Å². The van der Waals surface area contributed by atoms with Gasteiger partial charge < -0.3 is 10.2 Å². The quantitative estimate of drug-likeness (QED) is 0.734. The molecular weight excluding hydrogens is 348 g/mol. The van der Waals surface area contributed by atoms with Gasteiger partial charge in [0, 0.05) is 18.8 Å². The molecule has 0 unspecified atom stereocenters. The predicted octanol–water partition coefficient (Wildman–Crippen LogP) is 3.07. The molecule has 0 saturated carbocycles. The van der Waals surface area contributed by atoms with Crippen LogP contribution in [0.3, 0.4) is 0 Å². The highest BCUT2D eigenvalue weighted by Gasteiger charge is 2.28. The van der Waals surface area contributed by atoms with Crippen molar-refractivity contribution in [3.8, 4) is 0 Å². The van der Waals surface area contributed by atoms with E-state index in [4.69, 9.17) is 0 Å². The lowest BCUT2D eigenvalue weighted by molar-refractivity contribution is 0.680. The summed E-state index contributed by atoms with van der Waals surface area (Å²) in [6, 6.07) is 4.14. The van der Waals surface area contributed by atoms with E-state index < -0.39 is 0 Å². The summed E-state index contributed by atoms with van der Waals surface area (Å²) in [5.74, 6) is 2.42. The number of aromatic nitrogens is 6. The van der Waals surface area contributed by atoms with Crippen molar-refractivity contribution in [1.29, 1.82) is 0 Å². The first-order chi connectivity index (χ1) is 12.7. The zero-order valence-corrected chi connectivity index (χ0v) is 15.6. The molecule has 1 N–H and O–H groups in total. The van der Waals surface area contributed by atoms with Crippen LogP contribution < -0.4 is 10.2 Å².